The first kappa shape index (κ1) is 14.9. The summed E-state index contributed by atoms with van der Waals surface area (Å²) < 4.78 is 6.55. The molecule has 6 rings (SSSR count). The molecule has 3 fully saturated rings. The molecule has 1 spiro atoms. The number of phenols is 1. The summed E-state index contributed by atoms with van der Waals surface area (Å²) in [4.78, 5) is 0. The second kappa shape index (κ2) is 4.92. The maximum absolute atomic E-state index is 10.8. The van der Waals surface area contributed by atoms with Gasteiger partial charge in [0.2, 0.25) is 0 Å². The average molecular weight is 340 g/mol. The fourth-order valence-electron chi connectivity index (χ4n) is 6.73. The van der Waals surface area contributed by atoms with Crippen LogP contribution in [-0.2, 0) is 18.3 Å². The average Bonchev–Trinajstić information content (AvgIpc) is 3.35. The van der Waals surface area contributed by atoms with Crippen LogP contribution >= 0.6 is 0 Å². The van der Waals surface area contributed by atoms with E-state index in [0.29, 0.717) is 23.8 Å². The van der Waals surface area contributed by atoms with Crippen LogP contribution in [0.2, 0.25) is 0 Å². The third kappa shape index (κ3) is 1.80. The zero-order valence-corrected chi connectivity index (χ0v) is 15.0. The summed E-state index contributed by atoms with van der Waals surface area (Å²) in [5, 5.41) is 18.2. The third-order valence-corrected chi connectivity index (χ3v) is 7.93. The van der Waals surface area contributed by atoms with E-state index in [2.05, 4.69) is 17.7 Å². The highest BCUT2D eigenvalue weighted by Gasteiger charge is 2.64. The SMILES string of the molecule is CN[C@@H]1CC[C@H]2[C@H]3Cc4c(CC5CC5)cc(O)c5c4[C@@]2(CCN3)[C@H]1O5. The highest BCUT2D eigenvalue weighted by atomic mass is 16.5. The van der Waals surface area contributed by atoms with Gasteiger partial charge in [0.05, 0.1) is 0 Å². The maximum atomic E-state index is 10.8. The van der Waals surface area contributed by atoms with Gasteiger partial charge in [-0.1, -0.05) is 0 Å². The summed E-state index contributed by atoms with van der Waals surface area (Å²) in [6.45, 7) is 1.07. The zero-order chi connectivity index (χ0) is 16.8. The molecule has 2 aliphatic heterocycles. The molecule has 1 aromatic carbocycles. The third-order valence-electron chi connectivity index (χ3n) is 7.93. The summed E-state index contributed by atoms with van der Waals surface area (Å²) >= 11 is 0. The van der Waals surface area contributed by atoms with Gasteiger partial charge in [-0.15, -0.1) is 0 Å². The van der Waals surface area contributed by atoms with Gasteiger partial charge in [0.15, 0.2) is 11.5 Å². The molecule has 25 heavy (non-hydrogen) atoms. The number of ether oxygens (including phenoxy) is 1. The van der Waals surface area contributed by atoms with Crippen molar-refractivity contribution in [1.82, 2.24) is 10.6 Å². The lowest BCUT2D eigenvalue weighted by atomic mass is 9.51. The Morgan fingerprint density at radius 1 is 1.32 bits per heavy atom. The van der Waals surface area contributed by atoms with Crippen LogP contribution in [0.1, 0.15) is 48.8 Å². The summed E-state index contributed by atoms with van der Waals surface area (Å²) in [5.74, 6) is 2.71. The standard InChI is InChI=1S/C21H28N2O2/c1-22-15-5-4-14-16-10-13-12(8-11-2-3-11)9-17(24)19-18(13)21(14,6-7-23-16)20(15)25-19/h9,11,14-16,20,22-24H,2-8,10H2,1H3/t14-,15+,16+,20-,21-/m0/s1. The summed E-state index contributed by atoms with van der Waals surface area (Å²) in [7, 11) is 2.06. The predicted octanol–water partition coefficient (Wildman–Crippen LogP) is 2.26. The highest BCUT2D eigenvalue weighted by molar-refractivity contribution is 5.63. The number of aromatic hydroxyl groups is 1. The van der Waals surface area contributed by atoms with Crippen molar-refractivity contribution in [3.8, 4) is 11.5 Å². The minimum Gasteiger partial charge on any atom is -0.504 e. The van der Waals surface area contributed by atoms with Crippen LogP contribution in [0, 0.1) is 11.8 Å². The van der Waals surface area contributed by atoms with E-state index in [1.165, 1.54) is 42.4 Å². The molecule has 3 aliphatic carbocycles. The first-order chi connectivity index (χ1) is 12.2. The van der Waals surface area contributed by atoms with E-state index in [1.807, 2.05) is 6.07 Å². The Labute approximate surface area is 149 Å². The second-order valence-corrected chi connectivity index (χ2v) is 9.06. The molecule has 4 nitrogen and oxygen atoms in total. The molecule has 5 atom stereocenters. The van der Waals surface area contributed by atoms with Crippen molar-refractivity contribution in [3.63, 3.8) is 0 Å². The number of piperidine rings is 1. The van der Waals surface area contributed by atoms with Crippen LogP contribution in [0.3, 0.4) is 0 Å². The van der Waals surface area contributed by atoms with Crippen LogP contribution in [0.15, 0.2) is 6.07 Å². The van der Waals surface area contributed by atoms with E-state index in [9.17, 15) is 5.11 Å². The fraction of sp³-hybridized carbons (Fsp3) is 0.714. The van der Waals surface area contributed by atoms with Gasteiger partial charge in [-0.2, -0.15) is 0 Å². The monoisotopic (exact) mass is 340 g/mol. The van der Waals surface area contributed by atoms with E-state index in [1.54, 1.807) is 0 Å². The lowest BCUT2D eigenvalue weighted by Crippen LogP contribution is -2.67. The predicted molar refractivity (Wildman–Crippen MR) is 96.3 cm³/mol. The molecule has 5 aliphatic rings. The van der Waals surface area contributed by atoms with Gasteiger partial charge in [0.25, 0.3) is 0 Å². The van der Waals surface area contributed by atoms with Gasteiger partial charge in [-0.05, 0) is 87.6 Å². The summed E-state index contributed by atoms with van der Waals surface area (Å²) in [6.07, 6.45) is 8.73. The molecule has 2 heterocycles. The molecule has 4 heteroatoms. The van der Waals surface area contributed by atoms with Gasteiger partial charge in [0.1, 0.15) is 6.10 Å². The van der Waals surface area contributed by atoms with Crippen molar-refractivity contribution >= 4 is 0 Å². The number of nitrogens with one attached hydrogen (secondary N) is 2. The molecule has 0 amide bonds. The molecular formula is C21H28N2O2. The van der Waals surface area contributed by atoms with E-state index in [-0.39, 0.29) is 11.5 Å². The quantitative estimate of drug-likeness (QED) is 0.790. The van der Waals surface area contributed by atoms with E-state index >= 15 is 0 Å². The Morgan fingerprint density at radius 3 is 3.00 bits per heavy atom. The van der Waals surface area contributed by atoms with Gasteiger partial charge in [0, 0.05) is 23.1 Å². The lowest BCUT2D eigenvalue weighted by Gasteiger charge is -2.57. The van der Waals surface area contributed by atoms with Crippen LogP contribution in [0.5, 0.6) is 11.5 Å². The van der Waals surface area contributed by atoms with Crippen molar-refractivity contribution in [2.45, 2.75) is 68.5 Å². The molecule has 1 aromatic rings. The topological polar surface area (TPSA) is 53.5 Å². The van der Waals surface area contributed by atoms with Gasteiger partial charge >= 0.3 is 0 Å². The Hall–Kier alpha value is -1.26. The summed E-state index contributed by atoms with van der Waals surface area (Å²) in [6, 6.07) is 3.00. The Morgan fingerprint density at radius 2 is 2.20 bits per heavy atom. The Balaban J connectivity index is 1.59. The number of benzene rings is 1. The normalized spacial score (nSPS) is 40.5. The highest BCUT2D eigenvalue weighted by Crippen LogP contribution is 2.63. The van der Waals surface area contributed by atoms with Crippen molar-refractivity contribution in [2.24, 2.45) is 11.8 Å². The number of rotatable bonds is 3. The van der Waals surface area contributed by atoms with Crippen LogP contribution < -0.4 is 15.4 Å². The maximum Gasteiger partial charge on any atom is 0.165 e. The van der Waals surface area contributed by atoms with Crippen molar-refractivity contribution in [3.05, 3.63) is 22.8 Å². The molecular weight excluding hydrogens is 312 g/mol. The Bertz CT molecular complexity index is 744. The van der Waals surface area contributed by atoms with Gasteiger partial charge in [-0.25, -0.2) is 0 Å². The first-order valence-electron chi connectivity index (χ1n) is 10.2. The van der Waals surface area contributed by atoms with Gasteiger partial charge < -0.3 is 20.5 Å². The molecule has 0 radical (unpaired) electrons. The molecule has 134 valence electrons. The number of hydrogen-bond acceptors (Lipinski definition) is 4. The number of hydrogen-bond donors (Lipinski definition) is 3. The zero-order valence-electron chi connectivity index (χ0n) is 15.0. The number of likely N-dealkylation sites (N-methyl/N-ethyl adjacent to an activating group) is 1. The van der Waals surface area contributed by atoms with Crippen molar-refractivity contribution in [2.75, 3.05) is 13.6 Å². The number of phenolic OH excluding ortho intramolecular Hbond substituents is 1. The van der Waals surface area contributed by atoms with Crippen LogP contribution in [-0.4, -0.2) is 36.9 Å². The molecule has 0 aromatic heterocycles. The van der Waals surface area contributed by atoms with Gasteiger partial charge in [-0.3, -0.25) is 0 Å². The molecule has 2 bridgehead atoms. The molecule has 3 N–H and O–H groups in total. The minimum absolute atomic E-state index is 0.113. The first-order valence-corrected chi connectivity index (χ1v) is 10.2. The molecule has 0 unspecified atom stereocenters. The van der Waals surface area contributed by atoms with E-state index in [0.717, 1.165) is 37.5 Å². The second-order valence-electron chi connectivity index (χ2n) is 9.06. The Kier molecular flexibility index (Phi) is 2.92. The minimum atomic E-state index is 0.113. The summed E-state index contributed by atoms with van der Waals surface area (Å²) in [5.41, 5.74) is 4.45. The molecule has 1 saturated heterocycles. The lowest BCUT2D eigenvalue weighted by molar-refractivity contribution is -0.0167. The van der Waals surface area contributed by atoms with Crippen molar-refractivity contribution in [1.29, 1.82) is 0 Å². The van der Waals surface area contributed by atoms with Crippen LogP contribution in [0.4, 0.5) is 0 Å². The fourth-order valence-corrected chi connectivity index (χ4v) is 6.73. The van der Waals surface area contributed by atoms with Crippen LogP contribution in [0.25, 0.3) is 0 Å². The largest absolute Gasteiger partial charge is 0.504 e. The van der Waals surface area contributed by atoms with E-state index in [4.69, 9.17) is 4.74 Å². The smallest absolute Gasteiger partial charge is 0.165 e. The molecule has 2 saturated carbocycles. The van der Waals surface area contributed by atoms with E-state index < -0.39 is 0 Å². The van der Waals surface area contributed by atoms with Crippen molar-refractivity contribution < 1.29 is 9.84 Å².